The van der Waals surface area contributed by atoms with Crippen LogP contribution in [0.4, 0.5) is 0 Å². The van der Waals surface area contributed by atoms with E-state index >= 15 is 0 Å². The number of carbonyl (C=O) groups is 1. The summed E-state index contributed by atoms with van der Waals surface area (Å²) in [6, 6.07) is 9.76. The predicted molar refractivity (Wildman–Crippen MR) is 102 cm³/mol. The Hall–Kier alpha value is -2.12. The highest BCUT2D eigenvalue weighted by molar-refractivity contribution is 7.89. The van der Waals surface area contributed by atoms with Crippen molar-refractivity contribution >= 4 is 15.9 Å². The third-order valence-corrected chi connectivity index (χ3v) is 6.80. The van der Waals surface area contributed by atoms with Gasteiger partial charge in [-0.3, -0.25) is 4.79 Å². The quantitative estimate of drug-likeness (QED) is 0.814. The van der Waals surface area contributed by atoms with E-state index in [4.69, 9.17) is 0 Å². The number of amides is 1. The number of nitrogens with one attached hydrogen (secondary N) is 2. The molecule has 140 valence electrons. The molecule has 2 N–H and O–H groups in total. The van der Waals surface area contributed by atoms with Crippen molar-refractivity contribution in [1.82, 2.24) is 14.6 Å². The van der Waals surface area contributed by atoms with Crippen molar-refractivity contribution in [2.24, 2.45) is 0 Å². The molecule has 0 atom stereocenters. The van der Waals surface area contributed by atoms with Crippen molar-refractivity contribution < 1.29 is 13.2 Å². The molecule has 1 amide bonds. The van der Waals surface area contributed by atoms with Crippen LogP contribution in [0.3, 0.4) is 0 Å². The molecule has 26 heavy (non-hydrogen) atoms. The van der Waals surface area contributed by atoms with Gasteiger partial charge in [0.1, 0.15) is 0 Å². The molecule has 1 aliphatic heterocycles. The molecule has 7 heteroatoms. The molecule has 1 fully saturated rings. The SMILES string of the molecule is CCCS(=O)(=O)N1CCC(NC(=O)c2c[nH]cc2-c2ccccc2)CC1. The molecule has 1 aliphatic rings. The highest BCUT2D eigenvalue weighted by atomic mass is 32.2. The van der Waals surface area contributed by atoms with Crippen molar-refractivity contribution in [2.75, 3.05) is 18.8 Å². The lowest BCUT2D eigenvalue weighted by molar-refractivity contribution is 0.0924. The monoisotopic (exact) mass is 375 g/mol. The van der Waals surface area contributed by atoms with Gasteiger partial charge in [-0.1, -0.05) is 37.3 Å². The Morgan fingerprint density at radius 1 is 1.19 bits per heavy atom. The minimum atomic E-state index is -3.16. The van der Waals surface area contributed by atoms with Crippen LogP contribution in [0, 0.1) is 0 Å². The number of piperidine rings is 1. The van der Waals surface area contributed by atoms with Crippen LogP contribution in [-0.4, -0.2) is 48.5 Å². The highest BCUT2D eigenvalue weighted by Gasteiger charge is 2.28. The van der Waals surface area contributed by atoms with E-state index in [9.17, 15) is 13.2 Å². The van der Waals surface area contributed by atoms with Gasteiger partial charge in [0.05, 0.1) is 11.3 Å². The summed E-state index contributed by atoms with van der Waals surface area (Å²) in [5.74, 6) is 0.0633. The van der Waals surface area contributed by atoms with Gasteiger partial charge in [0.25, 0.3) is 5.91 Å². The number of carbonyl (C=O) groups excluding carboxylic acids is 1. The number of hydrogen-bond acceptors (Lipinski definition) is 3. The zero-order chi connectivity index (χ0) is 18.6. The van der Waals surface area contributed by atoms with Crippen LogP contribution >= 0.6 is 0 Å². The second-order valence-corrected chi connectivity index (χ2v) is 8.70. The third kappa shape index (κ3) is 4.16. The lowest BCUT2D eigenvalue weighted by Gasteiger charge is -2.31. The molecule has 1 saturated heterocycles. The average molecular weight is 375 g/mol. The van der Waals surface area contributed by atoms with Gasteiger partial charge in [-0.2, -0.15) is 0 Å². The fourth-order valence-corrected chi connectivity index (χ4v) is 4.88. The lowest BCUT2D eigenvalue weighted by atomic mass is 10.0. The van der Waals surface area contributed by atoms with Gasteiger partial charge < -0.3 is 10.3 Å². The zero-order valence-electron chi connectivity index (χ0n) is 14.9. The van der Waals surface area contributed by atoms with Gasteiger partial charge in [-0.15, -0.1) is 0 Å². The van der Waals surface area contributed by atoms with E-state index in [1.165, 1.54) is 0 Å². The van der Waals surface area contributed by atoms with Gasteiger partial charge in [-0.05, 0) is 24.8 Å². The Bertz CT molecular complexity index is 838. The normalized spacial score (nSPS) is 16.5. The fraction of sp³-hybridized carbons (Fsp3) is 0.421. The molecule has 0 unspecified atom stereocenters. The predicted octanol–water partition coefficient (Wildman–Crippen LogP) is 2.62. The second-order valence-electron chi connectivity index (χ2n) is 6.61. The Balaban J connectivity index is 1.62. The van der Waals surface area contributed by atoms with Crippen LogP contribution in [-0.2, 0) is 10.0 Å². The minimum Gasteiger partial charge on any atom is -0.366 e. The van der Waals surface area contributed by atoms with E-state index < -0.39 is 10.0 Å². The van der Waals surface area contributed by atoms with Crippen LogP contribution in [0.15, 0.2) is 42.7 Å². The molecular formula is C19H25N3O3S. The topological polar surface area (TPSA) is 82.3 Å². The summed E-state index contributed by atoms with van der Waals surface area (Å²) in [5, 5.41) is 3.05. The Morgan fingerprint density at radius 3 is 2.54 bits per heavy atom. The Kier molecular flexibility index (Phi) is 5.78. The number of aromatic amines is 1. The number of sulfonamides is 1. The van der Waals surface area contributed by atoms with E-state index in [2.05, 4.69) is 10.3 Å². The Labute approximate surface area is 154 Å². The third-order valence-electron chi connectivity index (χ3n) is 4.72. The van der Waals surface area contributed by atoms with Crippen LogP contribution in [0.1, 0.15) is 36.5 Å². The van der Waals surface area contributed by atoms with Crippen LogP contribution in [0.5, 0.6) is 0 Å². The van der Waals surface area contributed by atoms with E-state index in [0.717, 1.165) is 11.1 Å². The van der Waals surface area contributed by atoms with Crippen molar-refractivity contribution in [1.29, 1.82) is 0 Å². The van der Waals surface area contributed by atoms with Gasteiger partial charge in [0.2, 0.25) is 10.0 Å². The molecule has 3 rings (SSSR count). The number of rotatable bonds is 6. The molecule has 2 aromatic rings. The van der Waals surface area contributed by atoms with Crippen molar-refractivity contribution in [2.45, 2.75) is 32.2 Å². The van der Waals surface area contributed by atoms with Crippen molar-refractivity contribution in [3.63, 3.8) is 0 Å². The van der Waals surface area contributed by atoms with Gasteiger partial charge in [-0.25, -0.2) is 12.7 Å². The van der Waals surface area contributed by atoms with Gasteiger partial charge in [0.15, 0.2) is 0 Å². The first-order valence-corrected chi connectivity index (χ1v) is 10.6. The second kappa shape index (κ2) is 8.05. The summed E-state index contributed by atoms with van der Waals surface area (Å²) in [6.07, 6.45) is 5.43. The van der Waals surface area contributed by atoms with E-state index in [0.29, 0.717) is 37.9 Å². The summed E-state index contributed by atoms with van der Waals surface area (Å²) in [4.78, 5) is 15.7. The number of hydrogen-bond donors (Lipinski definition) is 2. The van der Waals surface area contributed by atoms with Crippen molar-refractivity contribution in [3.05, 3.63) is 48.3 Å². The molecule has 0 radical (unpaired) electrons. The molecule has 6 nitrogen and oxygen atoms in total. The molecular weight excluding hydrogens is 350 g/mol. The number of nitrogens with zero attached hydrogens (tertiary/aromatic N) is 1. The zero-order valence-corrected chi connectivity index (χ0v) is 15.8. The van der Waals surface area contributed by atoms with Crippen molar-refractivity contribution in [3.8, 4) is 11.1 Å². The standard InChI is InChI=1S/C19H25N3O3S/c1-2-12-26(24,25)22-10-8-16(9-11-22)21-19(23)18-14-20-13-17(18)15-6-4-3-5-7-15/h3-7,13-14,16,20H,2,8-12H2,1H3,(H,21,23). The lowest BCUT2D eigenvalue weighted by Crippen LogP contribution is -2.47. The first-order chi connectivity index (χ1) is 12.5. The molecule has 0 bridgehead atoms. The largest absolute Gasteiger partial charge is 0.366 e. The maximum atomic E-state index is 12.7. The number of H-pyrrole nitrogens is 1. The van der Waals surface area contributed by atoms with E-state index in [-0.39, 0.29) is 17.7 Å². The molecule has 1 aromatic carbocycles. The minimum absolute atomic E-state index is 0.00546. The van der Waals surface area contributed by atoms with Crippen LogP contribution in [0.25, 0.3) is 11.1 Å². The first kappa shape index (κ1) is 18.7. The molecule has 2 heterocycles. The Morgan fingerprint density at radius 2 is 1.88 bits per heavy atom. The maximum absolute atomic E-state index is 12.7. The summed E-state index contributed by atoms with van der Waals surface area (Å²) in [5.41, 5.74) is 2.46. The summed E-state index contributed by atoms with van der Waals surface area (Å²) in [7, 11) is -3.16. The fourth-order valence-electron chi connectivity index (χ4n) is 3.34. The molecule has 0 spiro atoms. The molecule has 0 aliphatic carbocycles. The highest BCUT2D eigenvalue weighted by Crippen LogP contribution is 2.24. The van der Waals surface area contributed by atoms with Gasteiger partial charge >= 0.3 is 0 Å². The van der Waals surface area contributed by atoms with Crippen LogP contribution < -0.4 is 5.32 Å². The smallest absolute Gasteiger partial charge is 0.253 e. The number of aromatic nitrogens is 1. The molecule has 0 saturated carbocycles. The van der Waals surface area contributed by atoms with Gasteiger partial charge in [0, 0.05) is 37.1 Å². The average Bonchev–Trinajstić information content (AvgIpc) is 3.13. The first-order valence-electron chi connectivity index (χ1n) is 9.02. The van der Waals surface area contributed by atoms with Crippen LogP contribution in [0.2, 0.25) is 0 Å². The van der Waals surface area contributed by atoms with E-state index in [1.54, 1.807) is 10.5 Å². The summed E-state index contributed by atoms with van der Waals surface area (Å²) in [6.45, 7) is 2.80. The van der Waals surface area contributed by atoms with E-state index in [1.807, 2.05) is 43.5 Å². The maximum Gasteiger partial charge on any atom is 0.253 e. The summed E-state index contributed by atoms with van der Waals surface area (Å²) < 4.78 is 25.8. The molecule has 1 aromatic heterocycles. The number of benzene rings is 1. The summed E-state index contributed by atoms with van der Waals surface area (Å²) >= 11 is 0.